The summed E-state index contributed by atoms with van der Waals surface area (Å²) < 4.78 is 5.31. The van der Waals surface area contributed by atoms with Gasteiger partial charge in [0.25, 0.3) is 0 Å². The number of methoxy groups -OCH3 is 1. The number of ether oxygens (including phenoxy) is 1. The fraction of sp³-hybridized carbons (Fsp3) is 0.0526. The molecule has 0 aliphatic carbocycles. The zero-order chi connectivity index (χ0) is 15.6. The van der Waals surface area contributed by atoms with Gasteiger partial charge in [0.2, 0.25) is 0 Å². The maximum absolute atomic E-state index is 5.31. The molecule has 23 heavy (non-hydrogen) atoms. The molecule has 0 saturated heterocycles. The van der Waals surface area contributed by atoms with Gasteiger partial charge in [0, 0.05) is 41.3 Å². The SMILES string of the molecule is COc1cccc(-c2cnc3[nH]cc(-c4ccncc4)c3c2)c1. The van der Waals surface area contributed by atoms with Gasteiger partial charge >= 0.3 is 0 Å². The molecule has 0 saturated carbocycles. The lowest BCUT2D eigenvalue weighted by Crippen LogP contribution is -1.85. The van der Waals surface area contributed by atoms with Crippen molar-refractivity contribution >= 4 is 11.0 Å². The second-order valence-electron chi connectivity index (χ2n) is 5.29. The van der Waals surface area contributed by atoms with Gasteiger partial charge in [0.1, 0.15) is 11.4 Å². The Hall–Kier alpha value is -3.14. The van der Waals surface area contributed by atoms with E-state index in [4.69, 9.17) is 4.74 Å². The van der Waals surface area contributed by atoms with Crippen molar-refractivity contribution in [1.82, 2.24) is 15.0 Å². The summed E-state index contributed by atoms with van der Waals surface area (Å²) >= 11 is 0. The molecule has 0 bridgehead atoms. The van der Waals surface area contributed by atoms with Gasteiger partial charge in [-0.3, -0.25) is 4.98 Å². The molecule has 4 heteroatoms. The normalized spacial score (nSPS) is 10.8. The highest BCUT2D eigenvalue weighted by molar-refractivity contribution is 5.95. The van der Waals surface area contributed by atoms with Crippen molar-refractivity contribution in [3.8, 4) is 28.0 Å². The highest BCUT2D eigenvalue weighted by Gasteiger charge is 2.09. The van der Waals surface area contributed by atoms with Gasteiger partial charge in [0.05, 0.1) is 7.11 Å². The van der Waals surface area contributed by atoms with E-state index in [0.29, 0.717) is 0 Å². The summed E-state index contributed by atoms with van der Waals surface area (Å²) in [5.74, 6) is 0.839. The summed E-state index contributed by atoms with van der Waals surface area (Å²) in [6, 6.07) is 14.2. The van der Waals surface area contributed by atoms with E-state index in [9.17, 15) is 0 Å². The first-order valence-electron chi connectivity index (χ1n) is 7.37. The molecular weight excluding hydrogens is 286 g/mol. The molecule has 0 atom stereocenters. The zero-order valence-electron chi connectivity index (χ0n) is 12.7. The Morgan fingerprint density at radius 2 is 1.83 bits per heavy atom. The molecule has 3 heterocycles. The molecule has 3 aromatic heterocycles. The van der Waals surface area contributed by atoms with Gasteiger partial charge in [-0.05, 0) is 41.5 Å². The van der Waals surface area contributed by atoms with E-state index >= 15 is 0 Å². The van der Waals surface area contributed by atoms with E-state index < -0.39 is 0 Å². The summed E-state index contributed by atoms with van der Waals surface area (Å²) in [5, 5.41) is 1.09. The van der Waals surface area contributed by atoms with Crippen molar-refractivity contribution in [1.29, 1.82) is 0 Å². The van der Waals surface area contributed by atoms with Crippen LogP contribution < -0.4 is 4.74 Å². The molecule has 1 aromatic carbocycles. The van der Waals surface area contributed by atoms with Gasteiger partial charge < -0.3 is 9.72 Å². The minimum absolute atomic E-state index is 0.839. The average molecular weight is 301 g/mol. The number of rotatable bonds is 3. The first-order valence-corrected chi connectivity index (χ1v) is 7.37. The Balaban J connectivity index is 1.87. The Labute approximate surface area is 133 Å². The van der Waals surface area contributed by atoms with E-state index in [1.807, 2.05) is 42.7 Å². The number of nitrogens with one attached hydrogen (secondary N) is 1. The molecule has 0 radical (unpaired) electrons. The molecule has 1 N–H and O–H groups in total. The van der Waals surface area contributed by atoms with Crippen molar-refractivity contribution in [2.24, 2.45) is 0 Å². The number of hydrogen-bond acceptors (Lipinski definition) is 3. The minimum Gasteiger partial charge on any atom is -0.497 e. The zero-order valence-corrected chi connectivity index (χ0v) is 12.7. The Morgan fingerprint density at radius 1 is 0.957 bits per heavy atom. The number of H-pyrrole nitrogens is 1. The molecule has 0 aliphatic rings. The van der Waals surface area contributed by atoms with E-state index in [1.165, 1.54) is 0 Å². The largest absolute Gasteiger partial charge is 0.497 e. The van der Waals surface area contributed by atoms with E-state index in [1.54, 1.807) is 19.5 Å². The molecule has 112 valence electrons. The molecule has 0 spiro atoms. The Morgan fingerprint density at radius 3 is 2.65 bits per heavy atom. The van der Waals surface area contributed by atoms with Crippen LogP contribution in [0.1, 0.15) is 0 Å². The third kappa shape index (κ3) is 2.44. The molecule has 0 amide bonds. The maximum Gasteiger partial charge on any atom is 0.137 e. The van der Waals surface area contributed by atoms with Gasteiger partial charge in [-0.25, -0.2) is 4.98 Å². The summed E-state index contributed by atoms with van der Waals surface area (Å²) in [4.78, 5) is 11.9. The lowest BCUT2D eigenvalue weighted by Gasteiger charge is -2.05. The molecule has 0 unspecified atom stereocenters. The summed E-state index contributed by atoms with van der Waals surface area (Å²) in [6.45, 7) is 0. The van der Waals surface area contributed by atoms with Crippen LogP contribution in [-0.2, 0) is 0 Å². The Bertz CT molecular complexity index is 961. The topological polar surface area (TPSA) is 50.8 Å². The van der Waals surface area contributed by atoms with Crippen molar-refractivity contribution in [2.45, 2.75) is 0 Å². The third-order valence-corrected chi connectivity index (χ3v) is 3.93. The smallest absolute Gasteiger partial charge is 0.137 e. The van der Waals surface area contributed by atoms with Gasteiger partial charge in [-0.1, -0.05) is 12.1 Å². The molecular formula is C19H15N3O. The predicted octanol–water partition coefficient (Wildman–Crippen LogP) is 4.30. The number of pyridine rings is 2. The second-order valence-corrected chi connectivity index (χ2v) is 5.29. The third-order valence-electron chi connectivity index (χ3n) is 3.93. The van der Waals surface area contributed by atoms with E-state index in [2.05, 4.69) is 27.1 Å². The fourth-order valence-electron chi connectivity index (χ4n) is 2.73. The van der Waals surface area contributed by atoms with Crippen LogP contribution in [-0.4, -0.2) is 22.1 Å². The molecule has 0 fully saturated rings. The first-order chi connectivity index (χ1) is 11.3. The van der Waals surface area contributed by atoms with E-state index in [-0.39, 0.29) is 0 Å². The lowest BCUT2D eigenvalue weighted by molar-refractivity contribution is 0.415. The van der Waals surface area contributed by atoms with Crippen LogP contribution in [0.3, 0.4) is 0 Å². The minimum atomic E-state index is 0.839. The number of hydrogen-bond donors (Lipinski definition) is 1. The van der Waals surface area contributed by atoms with Crippen molar-refractivity contribution in [3.63, 3.8) is 0 Å². The molecule has 4 aromatic rings. The summed E-state index contributed by atoms with van der Waals surface area (Å²) in [6.07, 6.45) is 7.47. The number of aromatic amines is 1. The molecule has 4 nitrogen and oxygen atoms in total. The van der Waals surface area contributed by atoms with Crippen LogP contribution in [0.15, 0.2) is 67.3 Å². The lowest BCUT2D eigenvalue weighted by atomic mass is 10.0. The molecule has 0 aliphatic heterocycles. The standard InChI is InChI=1S/C19H15N3O/c1-23-16-4-2-3-14(9-16)15-10-17-18(12-22-19(17)21-11-15)13-5-7-20-8-6-13/h2-12H,1H3,(H,21,22). The second kappa shape index (κ2) is 5.57. The average Bonchev–Trinajstić information content (AvgIpc) is 3.05. The first kappa shape index (κ1) is 13.5. The fourth-order valence-corrected chi connectivity index (χ4v) is 2.73. The highest BCUT2D eigenvalue weighted by Crippen LogP contribution is 2.31. The number of benzene rings is 1. The van der Waals surface area contributed by atoms with Crippen LogP contribution in [0, 0.1) is 0 Å². The summed E-state index contributed by atoms with van der Waals surface area (Å²) in [5.41, 5.74) is 5.27. The van der Waals surface area contributed by atoms with Crippen molar-refractivity contribution in [2.75, 3.05) is 7.11 Å². The summed E-state index contributed by atoms with van der Waals surface area (Å²) in [7, 11) is 1.67. The number of aromatic nitrogens is 3. The molecule has 4 rings (SSSR count). The number of fused-ring (bicyclic) bond motifs is 1. The predicted molar refractivity (Wildman–Crippen MR) is 91.3 cm³/mol. The van der Waals surface area contributed by atoms with Crippen LogP contribution in [0.5, 0.6) is 5.75 Å². The van der Waals surface area contributed by atoms with Crippen LogP contribution in [0.25, 0.3) is 33.3 Å². The van der Waals surface area contributed by atoms with Crippen LogP contribution in [0.4, 0.5) is 0 Å². The van der Waals surface area contributed by atoms with Gasteiger partial charge in [-0.15, -0.1) is 0 Å². The van der Waals surface area contributed by atoms with Crippen LogP contribution in [0.2, 0.25) is 0 Å². The number of nitrogens with zero attached hydrogens (tertiary/aromatic N) is 2. The Kier molecular flexibility index (Phi) is 3.27. The highest BCUT2D eigenvalue weighted by atomic mass is 16.5. The van der Waals surface area contributed by atoms with Crippen molar-refractivity contribution < 1.29 is 4.74 Å². The monoisotopic (exact) mass is 301 g/mol. The van der Waals surface area contributed by atoms with Crippen molar-refractivity contribution in [3.05, 3.63) is 67.3 Å². The van der Waals surface area contributed by atoms with Gasteiger partial charge in [-0.2, -0.15) is 0 Å². The van der Waals surface area contributed by atoms with Crippen LogP contribution >= 0.6 is 0 Å². The quantitative estimate of drug-likeness (QED) is 0.614. The van der Waals surface area contributed by atoms with E-state index in [0.717, 1.165) is 39.0 Å². The maximum atomic E-state index is 5.31. The van der Waals surface area contributed by atoms with Gasteiger partial charge in [0.15, 0.2) is 0 Å².